The van der Waals surface area contributed by atoms with Crippen molar-refractivity contribution in [3.05, 3.63) is 69.2 Å². The molecule has 3 N–H and O–H groups in total. The number of nitrogens with zero attached hydrogens (tertiary/aromatic N) is 1. The number of hydrogen-bond donors (Lipinski definition) is 3. The number of nitrogens with one attached hydrogen (secondary N) is 2. The molecular weight excluding hydrogens is 542 g/mol. The topological polar surface area (TPSA) is 81.7 Å². The lowest BCUT2D eigenvalue weighted by molar-refractivity contribution is 0.0755. The maximum atomic E-state index is 13.4. The molecular formula is C31H44BrN3O3. The lowest BCUT2D eigenvalue weighted by Gasteiger charge is -2.27. The number of aliphatic hydroxyl groups is 1. The highest BCUT2D eigenvalue weighted by atomic mass is 79.9. The maximum Gasteiger partial charge on any atom is 0.253 e. The van der Waals surface area contributed by atoms with Gasteiger partial charge < -0.3 is 20.6 Å². The van der Waals surface area contributed by atoms with Gasteiger partial charge in [-0.15, -0.1) is 0 Å². The quantitative estimate of drug-likeness (QED) is 0.260. The SMILES string of the molecule is CCCN(CCC)C(=O)c1cc(C)cc(C(=O)N[C@@H](CC2CCCC2)[C@H](O)CNCc2cccc(Br)c2)c1. The number of amides is 2. The summed E-state index contributed by atoms with van der Waals surface area (Å²) in [5, 5.41) is 17.6. The normalized spacial score (nSPS) is 15.3. The Hall–Kier alpha value is -2.22. The molecule has 2 aromatic carbocycles. The van der Waals surface area contributed by atoms with Crippen LogP contribution in [-0.2, 0) is 6.54 Å². The van der Waals surface area contributed by atoms with E-state index in [0.717, 1.165) is 47.7 Å². The van der Waals surface area contributed by atoms with Crippen LogP contribution in [0.25, 0.3) is 0 Å². The lowest BCUT2D eigenvalue weighted by Crippen LogP contribution is -2.48. The van der Waals surface area contributed by atoms with Crippen molar-refractivity contribution in [1.29, 1.82) is 0 Å². The van der Waals surface area contributed by atoms with Crippen LogP contribution in [0.1, 0.15) is 90.6 Å². The minimum Gasteiger partial charge on any atom is -0.390 e. The Kier molecular flexibility index (Phi) is 12.3. The summed E-state index contributed by atoms with van der Waals surface area (Å²) in [4.78, 5) is 28.5. The molecule has 0 spiro atoms. The van der Waals surface area contributed by atoms with Crippen molar-refractivity contribution in [1.82, 2.24) is 15.5 Å². The summed E-state index contributed by atoms with van der Waals surface area (Å²) in [6.07, 6.45) is 6.50. The van der Waals surface area contributed by atoms with E-state index in [-0.39, 0.29) is 17.9 Å². The molecule has 3 rings (SSSR count). The van der Waals surface area contributed by atoms with Gasteiger partial charge in [-0.2, -0.15) is 0 Å². The van der Waals surface area contributed by atoms with Crippen molar-refractivity contribution < 1.29 is 14.7 Å². The zero-order chi connectivity index (χ0) is 27.5. The van der Waals surface area contributed by atoms with Gasteiger partial charge in [-0.3, -0.25) is 9.59 Å². The van der Waals surface area contributed by atoms with Crippen molar-refractivity contribution in [3.8, 4) is 0 Å². The molecule has 0 saturated heterocycles. The summed E-state index contributed by atoms with van der Waals surface area (Å²) in [5.74, 6) is 0.228. The number of aryl methyl sites for hydroxylation is 1. The molecule has 1 aliphatic rings. The third kappa shape index (κ3) is 9.21. The first kappa shape index (κ1) is 30.3. The average molecular weight is 587 g/mol. The molecule has 1 saturated carbocycles. The second-order valence-electron chi connectivity index (χ2n) is 10.7. The standard InChI is InChI=1S/C31H44BrN3O3/c1-4-13-35(14-5-2)31(38)26-16-22(3)15-25(19-26)30(37)34-28(18-23-9-6-7-10-23)29(36)21-33-20-24-11-8-12-27(32)17-24/h8,11-12,15-17,19,23,28-29,33,36H,4-7,9-10,13-14,18,20-21H2,1-3H3,(H,34,37)/t28-,29+/m0/s1. The molecule has 7 heteroatoms. The van der Waals surface area contributed by atoms with Crippen LogP contribution >= 0.6 is 15.9 Å². The fourth-order valence-corrected chi connectivity index (χ4v) is 5.84. The molecule has 0 unspecified atom stereocenters. The highest BCUT2D eigenvalue weighted by Gasteiger charge is 2.27. The predicted molar refractivity (Wildman–Crippen MR) is 157 cm³/mol. The number of benzene rings is 2. The third-order valence-corrected chi connectivity index (χ3v) is 7.77. The number of rotatable bonds is 14. The van der Waals surface area contributed by atoms with E-state index in [0.29, 0.717) is 43.2 Å². The molecule has 0 heterocycles. The average Bonchev–Trinajstić information content (AvgIpc) is 3.40. The number of aliphatic hydroxyl groups excluding tert-OH is 1. The first-order valence-electron chi connectivity index (χ1n) is 14.2. The molecule has 2 atom stereocenters. The number of carbonyl (C=O) groups excluding carboxylic acids is 2. The molecule has 1 aliphatic carbocycles. The third-order valence-electron chi connectivity index (χ3n) is 7.28. The number of hydrogen-bond acceptors (Lipinski definition) is 4. The van der Waals surface area contributed by atoms with Crippen LogP contribution in [0.4, 0.5) is 0 Å². The van der Waals surface area contributed by atoms with Gasteiger partial charge in [0.15, 0.2) is 0 Å². The lowest BCUT2D eigenvalue weighted by atomic mass is 9.94. The fourth-order valence-electron chi connectivity index (χ4n) is 5.40. The van der Waals surface area contributed by atoms with Gasteiger partial charge in [0, 0.05) is 41.8 Å². The Labute approximate surface area is 236 Å². The van der Waals surface area contributed by atoms with Crippen molar-refractivity contribution in [2.75, 3.05) is 19.6 Å². The monoisotopic (exact) mass is 585 g/mol. The molecule has 0 aromatic heterocycles. The highest BCUT2D eigenvalue weighted by molar-refractivity contribution is 9.10. The largest absolute Gasteiger partial charge is 0.390 e. The Balaban J connectivity index is 1.71. The van der Waals surface area contributed by atoms with Crippen LogP contribution in [0, 0.1) is 12.8 Å². The van der Waals surface area contributed by atoms with Crippen LogP contribution in [0.15, 0.2) is 46.9 Å². The van der Waals surface area contributed by atoms with Crippen LogP contribution in [-0.4, -0.2) is 53.6 Å². The van der Waals surface area contributed by atoms with Gasteiger partial charge in [0.1, 0.15) is 0 Å². The van der Waals surface area contributed by atoms with E-state index in [1.54, 1.807) is 6.07 Å². The first-order valence-corrected chi connectivity index (χ1v) is 14.9. The minimum absolute atomic E-state index is 0.0364. The number of carbonyl (C=O) groups is 2. The zero-order valence-corrected chi connectivity index (χ0v) is 24.7. The molecule has 0 radical (unpaired) electrons. The van der Waals surface area contributed by atoms with E-state index < -0.39 is 6.10 Å². The van der Waals surface area contributed by atoms with Crippen molar-refractivity contribution >= 4 is 27.7 Å². The van der Waals surface area contributed by atoms with E-state index in [2.05, 4.69) is 46.5 Å². The van der Waals surface area contributed by atoms with Crippen LogP contribution in [0.3, 0.4) is 0 Å². The Morgan fingerprint density at radius 3 is 2.39 bits per heavy atom. The molecule has 0 bridgehead atoms. The molecule has 0 aliphatic heterocycles. The summed E-state index contributed by atoms with van der Waals surface area (Å²) >= 11 is 3.50. The van der Waals surface area contributed by atoms with E-state index in [1.807, 2.05) is 42.2 Å². The van der Waals surface area contributed by atoms with E-state index in [1.165, 1.54) is 12.8 Å². The zero-order valence-electron chi connectivity index (χ0n) is 23.1. The molecule has 208 valence electrons. The van der Waals surface area contributed by atoms with Crippen LogP contribution in [0.5, 0.6) is 0 Å². The van der Waals surface area contributed by atoms with Crippen LogP contribution in [0.2, 0.25) is 0 Å². The first-order chi connectivity index (χ1) is 18.3. The Bertz CT molecular complexity index is 1050. The van der Waals surface area contributed by atoms with Gasteiger partial charge in [-0.1, -0.05) is 67.6 Å². The highest BCUT2D eigenvalue weighted by Crippen LogP contribution is 2.29. The van der Waals surface area contributed by atoms with Crippen LogP contribution < -0.4 is 10.6 Å². The van der Waals surface area contributed by atoms with Crippen molar-refractivity contribution in [2.24, 2.45) is 5.92 Å². The van der Waals surface area contributed by atoms with Gasteiger partial charge in [0.2, 0.25) is 0 Å². The summed E-state index contributed by atoms with van der Waals surface area (Å²) < 4.78 is 1.02. The fraction of sp³-hybridized carbons (Fsp3) is 0.548. The summed E-state index contributed by atoms with van der Waals surface area (Å²) in [7, 11) is 0. The summed E-state index contributed by atoms with van der Waals surface area (Å²) in [6, 6.07) is 13.1. The van der Waals surface area contributed by atoms with Gasteiger partial charge in [-0.25, -0.2) is 0 Å². The van der Waals surface area contributed by atoms with Crippen molar-refractivity contribution in [3.63, 3.8) is 0 Å². The van der Waals surface area contributed by atoms with Gasteiger partial charge in [0.05, 0.1) is 12.1 Å². The minimum atomic E-state index is -0.720. The smallest absolute Gasteiger partial charge is 0.253 e. The molecule has 38 heavy (non-hydrogen) atoms. The molecule has 1 fully saturated rings. The predicted octanol–water partition coefficient (Wildman–Crippen LogP) is 5.85. The van der Waals surface area contributed by atoms with Gasteiger partial charge in [-0.05, 0) is 73.6 Å². The Morgan fingerprint density at radius 1 is 1.05 bits per heavy atom. The maximum absolute atomic E-state index is 13.4. The van der Waals surface area contributed by atoms with E-state index in [4.69, 9.17) is 0 Å². The van der Waals surface area contributed by atoms with E-state index in [9.17, 15) is 14.7 Å². The summed E-state index contributed by atoms with van der Waals surface area (Å²) in [5.41, 5.74) is 3.00. The van der Waals surface area contributed by atoms with E-state index >= 15 is 0 Å². The Morgan fingerprint density at radius 2 is 1.74 bits per heavy atom. The van der Waals surface area contributed by atoms with Gasteiger partial charge >= 0.3 is 0 Å². The molecule has 6 nitrogen and oxygen atoms in total. The van der Waals surface area contributed by atoms with Gasteiger partial charge in [0.25, 0.3) is 11.8 Å². The van der Waals surface area contributed by atoms with Crippen molar-refractivity contribution in [2.45, 2.75) is 84.4 Å². The molecule has 2 amide bonds. The second-order valence-corrected chi connectivity index (χ2v) is 11.6. The number of halogens is 1. The summed E-state index contributed by atoms with van der Waals surface area (Å²) in [6.45, 7) is 8.45. The second kappa shape index (κ2) is 15.4. The molecule has 2 aromatic rings.